The molecule has 1 atom stereocenters. The number of rotatable bonds is 4. The minimum Gasteiger partial charge on any atom is -0.366 e. The Balaban J connectivity index is 2.93. The minimum absolute atomic E-state index is 0.0497. The molecule has 0 spiro atoms. The molecular weight excluding hydrogens is 174 g/mol. The van der Waals surface area contributed by atoms with Crippen molar-refractivity contribution >= 4 is 5.91 Å². The maximum atomic E-state index is 11.0. The van der Waals surface area contributed by atoms with Crippen molar-refractivity contribution in [3.8, 4) is 0 Å². The molecule has 1 rings (SSSR count). The molecule has 1 aromatic rings. The van der Waals surface area contributed by atoms with Gasteiger partial charge in [-0.15, -0.1) is 0 Å². The molecule has 1 aromatic carbocycles. The molecule has 2 N–H and O–H groups in total. The van der Waals surface area contributed by atoms with Crippen molar-refractivity contribution in [2.24, 2.45) is 5.73 Å². The molecule has 0 aliphatic carbocycles. The van der Waals surface area contributed by atoms with E-state index in [4.69, 9.17) is 5.73 Å². The number of nitrogens with two attached hydrogens (primary N) is 1. The van der Waals surface area contributed by atoms with Crippen molar-refractivity contribution in [1.82, 2.24) is 0 Å². The molecule has 0 saturated carbocycles. The summed E-state index contributed by atoms with van der Waals surface area (Å²) in [6.45, 7) is 5.75. The molecule has 0 saturated heterocycles. The minimum atomic E-state index is -0.416. The van der Waals surface area contributed by atoms with Crippen molar-refractivity contribution in [2.45, 2.75) is 19.3 Å². The lowest BCUT2D eigenvalue weighted by Crippen LogP contribution is -2.18. The van der Waals surface area contributed by atoms with Gasteiger partial charge < -0.3 is 5.73 Å². The van der Waals surface area contributed by atoms with Crippen LogP contribution in [0.5, 0.6) is 0 Å². The Morgan fingerprint density at radius 2 is 2.00 bits per heavy atom. The molecular formula is C12H15NO. The van der Waals surface area contributed by atoms with E-state index in [1.54, 1.807) is 0 Å². The predicted molar refractivity (Wildman–Crippen MR) is 57.8 cm³/mol. The van der Waals surface area contributed by atoms with Gasteiger partial charge in [-0.3, -0.25) is 4.79 Å². The van der Waals surface area contributed by atoms with Crippen LogP contribution in [0.15, 0.2) is 42.5 Å². The van der Waals surface area contributed by atoms with Crippen LogP contribution in [-0.2, 0) is 4.79 Å². The molecule has 0 fully saturated rings. The fourth-order valence-electron chi connectivity index (χ4n) is 1.54. The van der Waals surface area contributed by atoms with Crippen LogP contribution in [-0.4, -0.2) is 5.91 Å². The lowest BCUT2D eigenvalue weighted by Gasteiger charge is -2.15. The van der Waals surface area contributed by atoms with E-state index in [9.17, 15) is 4.79 Å². The molecule has 0 radical (unpaired) electrons. The summed E-state index contributed by atoms with van der Waals surface area (Å²) in [5.41, 5.74) is 6.79. The Morgan fingerprint density at radius 3 is 2.43 bits per heavy atom. The van der Waals surface area contributed by atoms with Crippen molar-refractivity contribution in [1.29, 1.82) is 0 Å². The van der Waals surface area contributed by atoms with Gasteiger partial charge in [-0.2, -0.15) is 0 Å². The summed E-state index contributed by atoms with van der Waals surface area (Å²) >= 11 is 0. The number of primary amides is 1. The number of benzene rings is 1. The summed E-state index contributed by atoms with van der Waals surface area (Å²) in [5.74, 6) is -0.366. The number of hydrogen-bond donors (Lipinski definition) is 1. The van der Waals surface area contributed by atoms with E-state index in [2.05, 4.69) is 6.58 Å². The van der Waals surface area contributed by atoms with Gasteiger partial charge in [0, 0.05) is 11.5 Å². The van der Waals surface area contributed by atoms with Crippen LogP contribution in [0, 0.1) is 0 Å². The second-order valence-electron chi connectivity index (χ2n) is 3.26. The van der Waals surface area contributed by atoms with Crippen molar-refractivity contribution in [2.75, 3.05) is 0 Å². The van der Waals surface area contributed by atoms with E-state index in [0.717, 1.165) is 12.0 Å². The number of carbonyl (C=O) groups excluding carboxylic acids is 1. The highest BCUT2D eigenvalue weighted by Gasteiger charge is 2.16. The highest BCUT2D eigenvalue weighted by atomic mass is 16.1. The highest BCUT2D eigenvalue weighted by molar-refractivity contribution is 5.92. The zero-order chi connectivity index (χ0) is 10.6. The SMILES string of the molecule is C=C(C(N)=O)C(CC)c1ccccc1. The first kappa shape index (κ1) is 10.5. The van der Waals surface area contributed by atoms with Crippen LogP contribution in [0.25, 0.3) is 0 Å². The van der Waals surface area contributed by atoms with Crippen LogP contribution in [0.4, 0.5) is 0 Å². The number of carbonyl (C=O) groups is 1. The number of hydrogen-bond acceptors (Lipinski definition) is 1. The van der Waals surface area contributed by atoms with Crippen LogP contribution < -0.4 is 5.73 Å². The molecule has 0 bridgehead atoms. The van der Waals surface area contributed by atoms with Crippen molar-refractivity contribution < 1.29 is 4.79 Å². The average molecular weight is 189 g/mol. The zero-order valence-corrected chi connectivity index (χ0v) is 8.36. The van der Waals surface area contributed by atoms with E-state index in [1.807, 2.05) is 37.3 Å². The third-order valence-electron chi connectivity index (χ3n) is 2.35. The smallest absolute Gasteiger partial charge is 0.244 e. The summed E-state index contributed by atoms with van der Waals surface area (Å²) in [5, 5.41) is 0. The number of amides is 1. The van der Waals surface area contributed by atoms with Crippen LogP contribution in [0.3, 0.4) is 0 Å². The fraction of sp³-hybridized carbons (Fsp3) is 0.250. The Bertz CT molecular complexity index is 329. The standard InChI is InChI=1S/C12H15NO/c1-3-11(9(2)12(13)14)10-7-5-4-6-8-10/h4-8,11H,2-3H2,1H3,(H2,13,14). The Morgan fingerprint density at radius 1 is 1.43 bits per heavy atom. The Kier molecular flexibility index (Phi) is 3.46. The lowest BCUT2D eigenvalue weighted by molar-refractivity contribution is -0.114. The van der Waals surface area contributed by atoms with Crippen molar-refractivity contribution in [3.63, 3.8) is 0 Å². The summed E-state index contributed by atoms with van der Waals surface area (Å²) in [6.07, 6.45) is 0.839. The first-order valence-corrected chi connectivity index (χ1v) is 4.70. The second-order valence-corrected chi connectivity index (χ2v) is 3.26. The third kappa shape index (κ3) is 2.22. The molecule has 14 heavy (non-hydrogen) atoms. The van der Waals surface area contributed by atoms with Gasteiger partial charge in [-0.1, -0.05) is 43.8 Å². The van der Waals surface area contributed by atoms with Gasteiger partial charge >= 0.3 is 0 Å². The molecule has 0 aliphatic heterocycles. The van der Waals surface area contributed by atoms with Crippen molar-refractivity contribution in [3.05, 3.63) is 48.0 Å². The predicted octanol–water partition coefficient (Wildman–Crippen LogP) is 2.22. The van der Waals surface area contributed by atoms with Crippen LogP contribution in [0.1, 0.15) is 24.8 Å². The molecule has 2 heteroatoms. The van der Waals surface area contributed by atoms with Gasteiger partial charge in [0.2, 0.25) is 5.91 Å². The molecule has 74 valence electrons. The molecule has 1 amide bonds. The van der Waals surface area contributed by atoms with Gasteiger partial charge in [0.15, 0.2) is 0 Å². The van der Waals surface area contributed by atoms with Gasteiger partial charge in [0.05, 0.1) is 0 Å². The second kappa shape index (κ2) is 4.61. The first-order valence-electron chi connectivity index (χ1n) is 4.70. The van der Waals surface area contributed by atoms with Crippen LogP contribution >= 0.6 is 0 Å². The summed E-state index contributed by atoms with van der Waals surface area (Å²) in [7, 11) is 0. The van der Waals surface area contributed by atoms with Crippen LogP contribution in [0.2, 0.25) is 0 Å². The highest BCUT2D eigenvalue weighted by Crippen LogP contribution is 2.25. The Labute approximate surface area is 84.4 Å². The zero-order valence-electron chi connectivity index (χ0n) is 8.36. The average Bonchev–Trinajstić information content (AvgIpc) is 2.20. The van der Waals surface area contributed by atoms with E-state index in [-0.39, 0.29) is 5.92 Å². The third-order valence-corrected chi connectivity index (χ3v) is 2.35. The van der Waals surface area contributed by atoms with E-state index in [1.165, 1.54) is 0 Å². The van der Waals surface area contributed by atoms with Gasteiger partial charge in [0.1, 0.15) is 0 Å². The van der Waals surface area contributed by atoms with E-state index in [0.29, 0.717) is 5.57 Å². The quantitative estimate of drug-likeness (QED) is 0.725. The lowest BCUT2D eigenvalue weighted by atomic mass is 9.89. The maximum absolute atomic E-state index is 11.0. The fourth-order valence-corrected chi connectivity index (χ4v) is 1.54. The van der Waals surface area contributed by atoms with E-state index < -0.39 is 5.91 Å². The topological polar surface area (TPSA) is 43.1 Å². The van der Waals surface area contributed by atoms with Gasteiger partial charge in [-0.05, 0) is 12.0 Å². The largest absolute Gasteiger partial charge is 0.366 e. The summed E-state index contributed by atoms with van der Waals surface area (Å²) < 4.78 is 0. The monoisotopic (exact) mass is 189 g/mol. The first-order chi connectivity index (χ1) is 6.66. The molecule has 0 aromatic heterocycles. The molecule has 0 heterocycles. The molecule has 1 unspecified atom stereocenters. The Hall–Kier alpha value is -1.57. The maximum Gasteiger partial charge on any atom is 0.244 e. The van der Waals surface area contributed by atoms with E-state index >= 15 is 0 Å². The normalized spacial score (nSPS) is 12.1. The summed E-state index contributed by atoms with van der Waals surface area (Å²) in [6, 6.07) is 9.83. The molecule has 2 nitrogen and oxygen atoms in total. The van der Waals surface area contributed by atoms with Gasteiger partial charge in [0.25, 0.3) is 0 Å². The summed E-state index contributed by atoms with van der Waals surface area (Å²) in [4.78, 5) is 11.0. The molecule has 0 aliphatic rings. The van der Waals surface area contributed by atoms with Gasteiger partial charge in [-0.25, -0.2) is 0 Å².